The van der Waals surface area contributed by atoms with E-state index in [9.17, 15) is 27.2 Å². The van der Waals surface area contributed by atoms with Crippen LogP contribution in [-0.4, -0.2) is 42.0 Å². The average Bonchev–Trinajstić information content (AvgIpc) is 2.69. The maximum absolute atomic E-state index is 13.6. The summed E-state index contributed by atoms with van der Waals surface area (Å²) in [6, 6.07) is 2.28. The lowest BCUT2D eigenvalue weighted by Crippen LogP contribution is -2.44. The molecule has 1 aliphatic rings. The summed E-state index contributed by atoms with van der Waals surface area (Å²) in [5.41, 5.74) is -0.327. The first-order valence-electron chi connectivity index (χ1n) is 6.29. The fourth-order valence-electron chi connectivity index (χ4n) is 2.16. The van der Waals surface area contributed by atoms with Gasteiger partial charge in [-0.25, -0.2) is 4.39 Å². The van der Waals surface area contributed by atoms with Gasteiger partial charge in [0.05, 0.1) is 5.56 Å². The Labute approximate surface area is 128 Å². The van der Waals surface area contributed by atoms with Crippen LogP contribution in [0.15, 0.2) is 18.2 Å². The SMILES string of the molecule is O=C(N[C@@H]1CCN(CC(F)(F)F)C1=O)c1ccc(Cl)cc1F. The van der Waals surface area contributed by atoms with Crippen molar-refractivity contribution in [2.75, 3.05) is 13.1 Å². The molecule has 0 unspecified atom stereocenters. The Kier molecular flexibility index (Phi) is 4.60. The Morgan fingerprint density at radius 2 is 2.09 bits per heavy atom. The first kappa shape index (κ1) is 16.5. The standard InChI is InChI=1S/C13H11ClF4N2O2/c14-7-1-2-8(9(15)5-7)11(21)19-10-3-4-20(12(10)22)6-13(16,17)18/h1-2,5,10H,3-4,6H2,(H,19,21)/t10-/m1/s1. The van der Waals surface area contributed by atoms with Crippen molar-refractivity contribution in [2.24, 2.45) is 0 Å². The maximum atomic E-state index is 13.6. The number of nitrogens with zero attached hydrogens (tertiary/aromatic N) is 1. The van der Waals surface area contributed by atoms with Gasteiger partial charge in [0, 0.05) is 11.6 Å². The highest BCUT2D eigenvalue weighted by molar-refractivity contribution is 6.30. The minimum atomic E-state index is -4.50. The van der Waals surface area contributed by atoms with Crippen LogP contribution in [0.4, 0.5) is 17.6 Å². The van der Waals surface area contributed by atoms with E-state index in [1.807, 2.05) is 0 Å². The van der Waals surface area contributed by atoms with Gasteiger partial charge in [-0.3, -0.25) is 9.59 Å². The van der Waals surface area contributed by atoms with Crippen molar-refractivity contribution in [3.05, 3.63) is 34.6 Å². The highest BCUT2D eigenvalue weighted by Crippen LogP contribution is 2.21. The molecule has 1 heterocycles. The average molecular weight is 339 g/mol. The fourth-order valence-corrected chi connectivity index (χ4v) is 2.31. The Bertz CT molecular complexity index is 606. The number of carbonyl (C=O) groups is 2. The molecule has 0 bridgehead atoms. The summed E-state index contributed by atoms with van der Waals surface area (Å²) in [7, 11) is 0. The van der Waals surface area contributed by atoms with Crippen LogP contribution in [0.25, 0.3) is 0 Å². The molecule has 4 nitrogen and oxygen atoms in total. The number of nitrogens with one attached hydrogen (secondary N) is 1. The maximum Gasteiger partial charge on any atom is 0.406 e. The Balaban J connectivity index is 2.02. The number of likely N-dealkylation sites (tertiary alicyclic amines) is 1. The van der Waals surface area contributed by atoms with Crippen LogP contribution in [0.2, 0.25) is 5.02 Å². The van der Waals surface area contributed by atoms with Crippen LogP contribution in [-0.2, 0) is 4.79 Å². The summed E-state index contributed by atoms with van der Waals surface area (Å²) in [6.45, 7) is -1.49. The van der Waals surface area contributed by atoms with Crippen molar-refractivity contribution in [1.82, 2.24) is 10.2 Å². The lowest BCUT2D eigenvalue weighted by Gasteiger charge is -2.18. The zero-order valence-electron chi connectivity index (χ0n) is 11.1. The summed E-state index contributed by atoms with van der Waals surface area (Å²) in [6.07, 6.45) is -4.47. The van der Waals surface area contributed by atoms with Gasteiger partial charge in [-0.2, -0.15) is 13.2 Å². The quantitative estimate of drug-likeness (QED) is 0.860. The van der Waals surface area contributed by atoms with Gasteiger partial charge < -0.3 is 10.2 Å². The van der Waals surface area contributed by atoms with E-state index in [2.05, 4.69) is 5.32 Å². The zero-order valence-corrected chi connectivity index (χ0v) is 11.8. The van der Waals surface area contributed by atoms with E-state index in [-0.39, 0.29) is 23.6 Å². The summed E-state index contributed by atoms with van der Waals surface area (Å²) < 4.78 is 50.4. The van der Waals surface area contributed by atoms with Crippen LogP contribution in [0.1, 0.15) is 16.8 Å². The predicted octanol–water partition coefficient (Wildman–Crippen LogP) is 2.37. The molecular formula is C13H11ClF4N2O2. The summed E-state index contributed by atoms with van der Waals surface area (Å²) >= 11 is 5.56. The number of carbonyl (C=O) groups excluding carboxylic acids is 2. The predicted molar refractivity (Wildman–Crippen MR) is 69.9 cm³/mol. The summed E-state index contributed by atoms with van der Waals surface area (Å²) in [5.74, 6) is -2.58. The summed E-state index contributed by atoms with van der Waals surface area (Å²) in [4.78, 5) is 24.3. The van der Waals surface area contributed by atoms with Crippen LogP contribution < -0.4 is 5.32 Å². The van der Waals surface area contributed by atoms with Gasteiger partial charge in [0.2, 0.25) is 5.91 Å². The van der Waals surface area contributed by atoms with E-state index in [1.165, 1.54) is 6.07 Å². The normalized spacial score (nSPS) is 18.7. The highest BCUT2D eigenvalue weighted by atomic mass is 35.5. The monoisotopic (exact) mass is 338 g/mol. The van der Waals surface area contributed by atoms with Crippen molar-refractivity contribution in [3.63, 3.8) is 0 Å². The van der Waals surface area contributed by atoms with Crippen LogP contribution in [0, 0.1) is 5.82 Å². The Morgan fingerprint density at radius 1 is 1.41 bits per heavy atom. The van der Waals surface area contributed by atoms with Gasteiger partial charge >= 0.3 is 6.18 Å². The van der Waals surface area contributed by atoms with Gasteiger partial charge in [-0.05, 0) is 24.6 Å². The Hall–Kier alpha value is -1.83. The van der Waals surface area contributed by atoms with E-state index >= 15 is 0 Å². The van der Waals surface area contributed by atoms with Gasteiger partial charge in [0.25, 0.3) is 5.91 Å². The van der Waals surface area contributed by atoms with Gasteiger partial charge in [-0.1, -0.05) is 11.6 Å². The van der Waals surface area contributed by atoms with Gasteiger partial charge in [0.15, 0.2) is 0 Å². The first-order chi connectivity index (χ1) is 10.2. The van der Waals surface area contributed by atoms with E-state index in [1.54, 1.807) is 0 Å². The van der Waals surface area contributed by atoms with E-state index in [4.69, 9.17) is 11.6 Å². The van der Waals surface area contributed by atoms with Gasteiger partial charge in [-0.15, -0.1) is 0 Å². The number of hydrogen-bond donors (Lipinski definition) is 1. The van der Waals surface area contributed by atoms with Crippen LogP contribution >= 0.6 is 11.6 Å². The molecule has 2 rings (SSSR count). The van der Waals surface area contributed by atoms with Crippen molar-refractivity contribution in [1.29, 1.82) is 0 Å². The molecule has 1 aromatic carbocycles. The molecule has 1 N–H and O–H groups in total. The first-order valence-corrected chi connectivity index (χ1v) is 6.66. The number of alkyl halides is 3. The zero-order chi connectivity index (χ0) is 16.5. The van der Waals surface area contributed by atoms with Crippen LogP contribution in [0.5, 0.6) is 0 Å². The van der Waals surface area contributed by atoms with Crippen molar-refractivity contribution in [2.45, 2.75) is 18.6 Å². The molecule has 1 atom stereocenters. The van der Waals surface area contributed by atoms with Crippen LogP contribution in [0.3, 0.4) is 0 Å². The van der Waals surface area contributed by atoms with Crippen molar-refractivity contribution < 1.29 is 27.2 Å². The minimum Gasteiger partial charge on any atom is -0.340 e. The number of hydrogen-bond acceptors (Lipinski definition) is 2. The molecule has 1 fully saturated rings. The number of rotatable bonds is 3. The third-order valence-electron chi connectivity index (χ3n) is 3.15. The smallest absolute Gasteiger partial charge is 0.340 e. The van der Waals surface area contributed by atoms with E-state index in [0.717, 1.165) is 12.1 Å². The third kappa shape index (κ3) is 3.88. The fraction of sp³-hybridized carbons (Fsp3) is 0.385. The molecular weight excluding hydrogens is 328 g/mol. The lowest BCUT2D eigenvalue weighted by atomic mass is 10.1. The molecule has 1 saturated heterocycles. The summed E-state index contributed by atoms with van der Waals surface area (Å²) in [5, 5.41) is 2.34. The topological polar surface area (TPSA) is 49.4 Å². The lowest BCUT2D eigenvalue weighted by molar-refractivity contribution is -0.157. The van der Waals surface area contributed by atoms with Crippen molar-refractivity contribution in [3.8, 4) is 0 Å². The second kappa shape index (κ2) is 6.12. The number of amides is 2. The third-order valence-corrected chi connectivity index (χ3v) is 3.38. The van der Waals surface area contributed by atoms with Gasteiger partial charge in [0.1, 0.15) is 18.4 Å². The number of halogens is 5. The minimum absolute atomic E-state index is 0.0376. The molecule has 0 spiro atoms. The molecule has 120 valence electrons. The second-order valence-electron chi connectivity index (χ2n) is 4.81. The van der Waals surface area contributed by atoms with Crippen molar-refractivity contribution >= 4 is 23.4 Å². The molecule has 0 radical (unpaired) electrons. The highest BCUT2D eigenvalue weighted by Gasteiger charge is 2.39. The largest absolute Gasteiger partial charge is 0.406 e. The van der Waals surface area contributed by atoms with E-state index in [0.29, 0.717) is 4.90 Å². The molecule has 9 heteroatoms. The molecule has 22 heavy (non-hydrogen) atoms. The second-order valence-corrected chi connectivity index (χ2v) is 5.25. The molecule has 1 aromatic rings. The molecule has 2 amide bonds. The Morgan fingerprint density at radius 3 is 2.68 bits per heavy atom. The molecule has 0 aliphatic carbocycles. The molecule has 0 saturated carbocycles. The molecule has 0 aromatic heterocycles. The van der Waals surface area contributed by atoms with E-state index < -0.39 is 36.4 Å². The number of benzene rings is 1. The molecule has 1 aliphatic heterocycles.